The maximum Gasteiger partial charge on any atom is 0.335 e. The molecular formula is C25H21NO4. The van der Waals surface area contributed by atoms with Crippen LogP contribution in [0.1, 0.15) is 39.4 Å². The number of benzene rings is 3. The van der Waals surface area contributed by atoms with E-state index < -0.39 is 11.4 Å². The second-order valence-corrected chi connectivity index (χ2v) is 7.92. The number of rotatable bonds is 5. The molecule has 5 rings (SSSR count). The van der Waals surface area contributed by atoms with Crippen molar-refractivity contribution in [2.24, 2.45) is 0 Å². The van der Waals surface area contributed by atoms with Crippen LogP contribution in [0, 0.1) is 0 Å². The summed E-state index contributed by atoms with van der Waals surface area (Å²) in [5.41, 5.74) is 3.54. The lowest BCUT2D eigenvalue weighted by Gasteiger charge is -2.19. The van der Waals surface area contributed by atoms with Crippen molar-refractivity contribution in [2.75, 3.05) is 12.0 Å². The second-order valence-electron chi connectivity index (χ2n) is 7.92. The van der Waals surface area contributed by atoms with Gasteiger partial charge >= 0.3 is 5.97 Å². The standard InChI is InChI=1S/C25H21NO4/c1-30-19-9-5-7-17(13-19)21-14-25(21)20-10-2-3-11-22(20)26(24(25)29)15-16-6-4-8-18(12-16)23(27)28/h2-13,21H,14-15H2,1H3,(H,27,28). The Hall–Kier alpha value is -3.60. The Morgan fingerprint density at radius 2 is 1.90 bits per heavy atom. The number of aromatic carboxylic acids is 1. The van der Waals surface area contributed by atoms with Crippen LogP contribution in [0.25, 0.3) is 0 Å². The molecule has 1 saturated carbocycles. The molecule has 1 N–H and O–H groups in total. The molecule has 0 radical (unpaired) electrons. The highest BCUT2D eigenvalue weighted by molar-refractivity contribution is 6.11. The number of hydrogen-bond acceptors (Lipinski definition) is 3. The Morgan fingerprint density at radius 1 is 1.10 bits per heavy atom. The van der Waals surface area contributed by atoms with Gasteiger partial charge in [0.2, 0.25) is 5.91 Å². The first-order valence-electron chi connectivity index (χ1n) is 9.92. The lowest BCUT2D eigenvalue weighted by molar-refractivity contribution is -0.120. The summed E-state index contributed by atoms with van der Waals surface area (Å²) in [6, 6.07) is 22.6. The zero-order valence-electron chi connectivity index (χ0n) is 16.5. The maximum absolute atomic E-state index is 13.7. The fourth-order valence-corrected chi connectivity index (χ4v) is 4.75. The van der Waals surface area contributed by atoms with E-state index in [4.69, 9.17) is 4.74 Å². The number of methoxy groups -OCH3 is 1. The predicted molar refractivity (Wildman–Crippen MR) is 113 cm³/mol. The topological polar surface area (TPSA) is 66.8 Å². The molecular weight excluding hydrogens is 378 g/mol. The Labute approximate surface area is 174 Å². The summed E-state index contributed by atoms with van der Waals surface area (Å²) in [4.78, 5) is 26.8. The summed E-state index contributed by atoms with van der Waals surface area (Å²) in [6.07, 6.45) is 0.766. The van der Waals surface area contributed by atoms with E-state index in [2.05, 4.69) is 6.07 Å². The lowest BCUT2D eigenvalue weighted by atomic mass is 9.92. The van der Waals surface area contributed by atoms with Crippen molar-refractivity contribution in [2.45, 2.75) is 24.3 Å². The number of amides is 1. The van der Waals surface area contributed by atoms with Gasteiger partial charge in [-0.05, 0) is 53.4 Å². The van der Waals surface area contributed by atoms with Crippen LogP contribution in [0.15, 0.2) is 72.8 Å². The normalized spacial score (nSPS) is 21.6. The average molecular weight is 399 g/mol. The maximum atomic E-state index is 13.7. The quantitative estimate of drug-likeness (QED) is 0.692. The molecule has 2 unspecified atom stereocenters. The number of anilines is 1. The Kier molecular flexibility index (Phi) is 4.13. The van der Waals surface area contributed by atoms with Gasteiger partial charge in [-0.15, -0.1) is 0 Å². The fourth-order valence-electron chi connectivity index (χ4n) is 4.75. The van der Waals surface area contributed by atoms with Gasteiger partial charge in [0.05, 0.1) is 24.6 Å². The number of para-hydroxylation sites is 1. The van der Waals surface area contributed by atoms with Gasteiger partial charge < -0.3 is 14.7 Å². The van der Waals surface area contributed by atoms with Crippen molar-refractivity contribution in [1.82, 2.24) is 0 Å². The first-order chi connectivity index (χ1) is 14.5. The van der Waals surface area contributed by atoms with E-state index in [0.29, 0.717) is 6.54 Å². The van der Waals surface area contributed by atoms with E-state index in [1.807, 2.05) is 48.5 Å². The minimum absolute atomic E-state index is 0.0808. The predicted octanol–water partition coefficient (Wildman–Crippen LogP) is 4.37. The number of carboxylic acids is 1. The van der Waals surface area contributed by atoms with E-state index in [0.717, 1.165) is 34.5 Å². The number of carbonyl (C=O) groups is 2. The number of hydrogen-bond donors (Lipinski definition) is 1. The molecule has 2 aliphatic rings. The van der Waals surface area contributed by atoms with Crippen molar-refractivity contribution < 1.29 is 19.4 Å². The highest BCUT2D eigenvalue weighted by Gasteiger charge is 2.67. The Bertz CT molecular complexity index is 1170. The summed E-state index contributed by atoms with van der Waals surface area (Å²) in [5.74, 6) is 0.00576. The number of fused-ring (bicyclic) bond motifs is 2. The van der Waals surface area contributed by atoms with Gasteiger partial charge in [0, 0.05) is 11.6 Å². The fraction of sp³-hybridized carbons (Fsp3) is 0.200. The van der Waals surface area contributed by atoms with Crippen LogP contribution in [0.4, 0.5) is 5.69 Å². The molecule has 30 heavy (non-hydrogen) atoms. The zero-order chi connectivity index (χ0) is 20.9. The van der Waals surface area contributed by atoms with Crippen LogP contribution in [0.3, 0.4) is 0 Å². The van der Waals surface area contributed by atoms with Crippen molar-refractivity contribution in [1.29, 1.82) is 0 Å². The van der Waals surface area contributed by atoms with Gasteiger partial charge in [-0.25, -0.2) is 4.79 Å². The number of nitrogens with zero attached hydrogens (tertiary/aromatic N) is 1. The summed E-state index contributed by atoms with van der Waals surface area (Å²) in [7, 11) is 1.64. The third kappa shape index (κ3) is 2.70. The molecule has 1 fully saturated rings. The monoisotopic (exact) mass is 399 g/mol. The highest BCUT2D eigenvalue weighted by Crippen LogP contribution is 2.66. The van der Waals surface area contributed by atoms with Crippen LogP contribution in [0.5, 0.6) is 5.75 Å². The number of carbonyl (C=O) groups excluding carboxylic acids is 1. The Balaban J connectivity index is 1.51. The molecule has 150 valence electrons. The molecule has 1 aliphatic heterocycles. The van der Waals surface area contributed by atoms with Gasteiger partial charge in [0.25, 0.3) is 0 Å². The van der Waals surface area contributed by atoms with E-state index >= 15 is 0 Å². The molecule has 0 saturated heterocycles. The van der Waals surface area contributed by atoms with Crippen LogP contribution < -0.4 is 9.64 Å². The van der Waals surface area contributed by atoms with Crippen molar-refractivity contribution >= 4 is 17.6 Å². The van der Waals surface area contributed by atoms with Crippen molar-refractivity contribution in [3.05, 3.63) is 95.1 Å². The van der Waals surface area contributed by atoms with Crippen LogP contribution in [-0.4, -0.2) is 24.1 Å². The molecule has 2 atom stereocenters. The number of carboxylic acid groups (broad SMARTS) is 1. The number of ether oxygens (including phenoxy) is 1. The minimum atomic E-state index is -0.971. The third-order valence-electron chi connectivity index (χ3n) is 6.27. The summed E-state index contributed by atoms with van der Waals surface area (Å²) < 4.78 is 5.37. The minimum Gasteiger partial charge on any atom is -0.497 e. The third-order valence-corrected chi connectivity index (χ3v) is 6.27. The summed E-state index contributed by atoms with van der Waals surface area (Å²) in [5, 5.41) is 9.29. The molecule has 1 spiro atoms. The van der Waals surface area contributed by atoms with E-state index in [1.54, 1.807) is 30.2 Å². The molecule has 5 nitrogen and oxygen atoms in total. The SMILES string of the molecule is COc1cccc(C2CC23C(=O)N(Cc2cccc(C(=O)O)c2)c2ccccc23)c1. The van der Waals surface area contributed by atoms with Crippen molar-refractivity contribution in [3.8, 4) is 5.75 Å². The Morgan fingerprint density at radius 3 is 2.70 bits per heavy atom. The molecule has 3 aromatic carbocycles. The summed E-state index contributed by atoms with van der Waals surface area (Å²) in [6.45, 7) is 0.351. The van der Waals surface area contributed by atoms with Crippen LogP contribution in [0.2, 0.25) is 0 Å². The average Bonchev–Trinajstić information content (AvgIpc) is 3.49. The molecule has 3 aromatic rings. The second kappa shape index (κ2) is 6.73. The van der Waals surface area contributed by atoms with Gasteiger partial charge in [0.15, 0.2) is 0 Å². The zero-order valence-corrected chi connectivity index (χ0v) is 16.5. The molecule has 0 aromatic heterocycles. The highest BCUT2D eigenvalue weighted by atomic mass is 16.5. The largest absolute Gasteiger partial charge is 0.497 e. The van der Waals surface area contributed by atoms with E-state index in [1.165, 1.54) is 0 Å². The molecule has 5 heteroatoms. The first kappa shape index (κ1) is 18.4. The van der Waals surface area contributed by atoms with Gasteiger partial charge in [-0.1, -0.05) is 42.5 Å². The van der Waals surface area contributed by atoms with Crippen LogP contribution >= 0.6 is 0 Å². The summed E-state index contributed by atoms with van der Waals surface area (Å²) >= 11 is 0. The molecule has 1 heterocycles. The first-order valence-corrected chi connectivity index (χ1v) is 9.92. The van der Waals surface area contributed by atoms with Crippen molar-refractivity contribution in [3.63, 3.8) is 0 Å². The molecule has 1 amide bonds. The van der Waals surface area contributed by atoms with E-state index in [-0.39, 0.29) is 17.4 Å². The van der Waals surface area contributed by atoms with Gasteiger partial charge in [0.1, 0.15) is 5.75 Å². The van der Waals surface area contributed by atoms with Gasteiger partial charge in [-0.3, -0.25) is 4.79 Å². The van der Waals surface area contributed by atoms with Crippen LogP contribution in [-0.2, 0) is 16.8 Å². The smallest absolute Gasteiger partial charge is 0.335 e. The van der Waals surface area contributed by atoms with Gasteiger partial charge in [-0.2, -0.15) is 0 Å². The molecule has 0 bridgehead atoms. The molecule has 1 aliphatic carbocycles. The van der Waals surface area contributed by atoms with E-state index in [9.17, 15) is 14.7 Å². The lowest BCUT2D eigenvalue weighted by Crippen LogP contribution is -2.32.